The first-order valence-corrected chi connectivity index (χ1v) is 10.1. The third-order valence-corrected chi connectivity index (χ3v) is 6.47. The van der Waals surface area contributed by atoms with Gasteiger partial charge in [-0.05, 0) is 24.6 Å². The van der Waals surface area contributed by atoms with E-state index in [2.05, 4.69) is 10.3 Å². The summed E-state index contributed by atoms with van der Waals surface area (Å²) in [5.74, 6) is -1.17. The third-order valence-electron chi connectivity index (χ3n) is 6.47. The SMILES string of the molecule is CCN1C[C@@]23C=C[C@@H](O2)[C@H](C(=O)N[C@H](c2ccc(F)cc2)c2nccn2C)[C@@H]3C1=O. The van der Waals surface area contributed by atoms with Crippen LogP contribution in [-0.4, -0.2) is 51.1 Å². The highest BCUT2D eigenvalue weighted by Crippen LogP contribution is 2.51. The summed E-state index contributed by atoms with van der Waals surface area (Å²) in [7, 11) is 1.84. The molecule has 7 nitrogen and oxygen atoms in total. The number of amides is 2. The van der Waals surface area contributed by atoms with Crippen molar-refractivity contribution in [3.05, 3.63) is 66.0 Å². The van der Waals surface area contributed by atoms with Crippen LogP contribution in [0.1, 0.15) is 24.4 Å². The minimum absolute atomic E-state index is 0.0418. The number of rotatable bonds is 5. The molecule has 1 N–H and O–H groups in total. The molecule has 1 aromatic heterocycles. The maximum Gasteiger partial charge on any atom is 0.230 e. The van der Waals surface area contributed by atoms with Gasteiger partial charge in [0.05, 0.1) is 24.5 Å². The van der Waals surface area contributed by atoms with Crippen LogP contribution in [0.2, 0.25) is 0 Å². The van der Waals surface area contributed by atoms with Gasteiger partial charge in [-0.1, -0.05) is 24.3 Å². The zero-order chi connectivity index (χ0) is 21.0. The number of carbonyl (C=O) groups excluding carboxylic acids is 2. The summed E-state index contributed by atoms with van der Waals surface area (Å²) in [6.45, 7) is 2.98. The number of nitrogens with one attached hydrogen (secondary N) is 1. The predicted octanol–water partition coefficient (Wildman–Crippen LogP) is 1.57. The molecule has 30 heavy (non-hydrogen) atoms. The monoisotopic (exact) mass is 410 g/mol. The number of carbonyl (C=O) groups is 2. The number of aromatic nitrogens is 2. The fraction of sp³-hybridized carbons (Fsp3) is 0.409. The normalized spacial score (nSPS) is 30.0. The van der Waals surface area contributed by atoms with E-state index >= 15 is 0 Å². The highest BCUT2D eigenvalue weighted by molar-refractivity contribution is 5.93. The van der Waals surface area contributed by atoms with Crippen molar-refractivity contribution in [2.75, 3.05) is 13.1 Å². The van der Waals surface area contributed by atoms with Crippen LogP contribution in [0, 0.1) is 17.7 Å². The van der Waals surface area contributed by atoms with Crippen molar-refractivity contribution < 1.29 is 18.7 Å². The van der Waals surface area contributed by atoms with Crippen molar-refractivity contribution in [3.8, 4) is 0 Å². The molecule has 2 saturated heterocycles. The van der Waals surface area contributed by atoms with Gasteiger partial charge in [0.15, 0.2) is 0 Å². The van der Waals surface area contributed by atoms with E-state index in [9.17, 15) is 14.0 Å². The Morgan fingerprint density at radius 2 is 2.17 bits per heavy atom. The number of benzene rings is 1. The molecule has 1 spiro atoms. The van der Waals surface area contributed by atoms with Gasteiger partial charge in [0.25, 0.3) is 0 Å². The molecular weight excluding hydrogens is 387 g/mol. The predicted molar refractivity (Wildman–Crippen MR) is 106 cm³/mol. The van der Waals surface area contributed by atoms with Crippen LogP contribution < -0.4 is 5.32 Å². The summed E-state index contributed by atoms with van der Waals surface area (Å²) in [6.07, 6.45) is 6.84. The Morgan fingerprint density at radius 3 is 2.83 bits per heavy atom. The first-order valence-electron chi connectivity index (χ1n) is 10.1. The van der Waals surface area contributed by atoms with Crippen molar-refractivity contribution in [2.24, 2.45) is 18.9 Å². The third kappa shape index (κ3) is 2.70. The lowest BCUT2D eigenvalue weighted by Crippen LogP contribution is -2.45. The lowest BCUT2D eigenvalue weighted by molar-refractivity contribution is -0.137. The Balaban J connectivity index is 1.47. The van der Waals surface area contributed by atoms with Crippen LogP contribution in [0.4, 0.5) is 4.39 Å². The largest absolute Gasteiger partial charge is 0.360 e. The maximum absolute atomic E-state index is 13.5. The van der Waals surface area contributed by atoms with Crippen LogP contribution >= 0.6 is 0 Å². The molecule has 2 amide bonds. The van der Waals surface area contributed by atoms with Crippen molar-refractivity contribution in [1.82, 2.24) is 19.8 Å². The Bertz CT molecular complexity index is 1030. The molecule has 0 saturated carbocycles. The van der Waals surface area contributed by atoms with E-state index in [0.717, 1.165) is 0 Å². The summed E-state index contributed by atoms with van der Waals surface area (Å²) < 4.78 is 21.4. The number of ether oxygens (including phenoxy) is 1. The topological polar surface area (TPSA) is 76.5 Å². The second-order valence-electron chi connectivity index (χ2n) is 8.14. The van der Waals surface area contributed by atoms with E-state index in [1.807, 2.05) is 30.7 Å². The Morgan fingerprint density at radius 1 is 1.40 bits per heavy atom. The molecule has 3 aliphatic rings. The average Bonchev–Trinajstić information content (AvgIpc) is 3.48. The van der Waals surface area contributed by atoms with Gasteiger partial charge in [0.1, 0.15) is 23.3 Å². The minimum atomic E-state index is -0.714. The molecule has 5 rings (SSSR count). The van der Waals surface area contributed by atoms with E-state index in [1.165, 1.54) is 12.1 Å². The van der Waals surface area contributed by atoms with E-state index in [4.69, 9.17) is 4.74 Å². The van der Waals surface area contributed by atoms with E-state index in [0.29, 0.717) is 24.5 Å². The number of nitrogens with zero attached hydrogens (tertiary/aromatic N) is 3. The van der Waals surface area contributed by atoms with Gasteiger partial charge in [0.2, 0.25) is 11.8 Å². The first-order chi connectivity index (χ1) is 14.4. The van der Waals surface area contributed by atoms with Gasteiger partial charge in [-0.2, -0.15) is 0 Å². The minimum Gasteiger partial charge on any atom is -0.360 e. The number of aryl methyl sites for hydroxylation is 1. The lowest BCUT2D eigenvalue weighted by atomic mass is 9.76. The lowest BCUT2D eigenvalue weighted by Gasteiger charge is -2.26. The van der Waals surface area contributed by atoms with Crippen molar-refractivity contribution >= 4 is 11.8 Å². The van der Waals surface area contributed by atoms with Gasteiger partial charge in [-0.15, -0.1) is 0 Å². The summed E-state index contributed by atoms with van der Waals surface area (Å²) in [5, 5.41) is 3.06. The number of likely N-dealkylation sites (N-methyl/N-ethyl adjacent to an activating group) is 1. The van der Waals surface area contributed by atoms with Crippen molar-refractivity contribution in [2.45, 2.75) is 24.7 Å². The van der Waals surface area contributed by atoms with Gasteiger partial charge >= 0.3 is 0 Å². The van der Waals surface area contributed by atoms with Gasteiger partial charge < -0.3 is 19.5 Å². The Kier molecular flexibility index (Phi) is 4.28. The second-order valence-corrected chi connectivity index (χ2v) is 8.14. The molecule has 156 valence electrons. The standard InChI is InChI=1S/C22H23FN4O3/c1-3-27-12-22-9-8-15(30-22)16(17(22)21(27)29)20(28)25-18(19-24-10-11-26(19)2)13-4-6-14(23)7-5-13/h4-11,15-18H,3,12H2,1-2H3,(H,25,28)/t15-,16+,17-,18-,22-/m1/s1. The van der Waals surface area contributed by atoms with Crippen LogP contribution in [-0.2, 0) is 21.4 Å². The molecule has 1 aromatic carbocycles. The van der Waals surface area contributed by atoms with Crippen LogP contribution in [0.15, 0.2) is 48.8 Å². The number of halogens is 1. The summed E-state index contributed by atoms with van der Waals surface area (Å²) >= 11 is 0. The zero-order valence-electron chi connectivity index (χ0n) is 16.8. The van der Waals surface area contributed by atoms with Crippen molar-refractivity contribution in [1.29, 1.82) is 0 Å². The number of likely N-dealkylation sites (tertiary alicyclic amines) is 1. The summed E-state index contributed by atoms with van der Waals surface area (Å²) in [6, 6.07) is 5.40. The first kappa shape index (κ1) is 19.0. The number of hydrogen-bond acceptors (Lipinski definition) is 4. The quantitative estimate of drug-likeness (QED) is 0.760. The average molecular weight is 410 g/mol. The van der Waals surface area contributed by atoms with Crippen LogP contribution in [0.3, 0.4) is 0 Å². The highest BCUT2D eigenvalue weighted by atomic mass is 19.1. The Hall–Kier alpha value is -3.00. The van der Waals surface area contributed by atoms with Crippen LogP contribution in [0.5, 0.6) is 0 Å². The molecule has 0 unspecified atom stereocenters. The maximum atomic E-state index is 13.5. The molecule has 2 bridgehead atoms. The smallest absolute Gasteiger partial charge is 0.230 e. The molecule has 2 fully saturated rings. The number of imidazole rings is 1. The highest BCUT2D eigenvalue weighted by Gasteiger charge is 2.66. The van der Waals surface area contributed by atoms with Crippen LogP contribution in [0.25, 0.3) is 0 Å². The molecule has 5 atom stereocenters. The molecule has 0 radical (unpaired) electrons. The van der Waals surface area contributed by atoms with E-state index < -0.39 is 29.6 Å². The molecule has 0 aliphatic carbocycles. The molecular formula is C22H23FN4O3. The van der Waals surface area contributed by atoms with E-state index in [1.54, 1.807) is 29.4 Å². The molecule has 2 aromatic rings. The summed E-state index contributed by atoms with van der Waals surface area (Å²) in [5.41, 5.74) is -0.00438. The fourth-order valence-corrected chi connectivity index (χ4v) is 4.99. The van der Waals surface area contributed by atoms with E-state index in [-0.39, 0.29) is 17.6 Å². The number of hydrogen-bond donors (Lipinski definition) is 1. The summed E-state index contributed by atoms with van der Waals surface area (Å²) in [4.78, 5) is 32.6. The number of fused-ring (bicyclic) bond motifs is 1. The van der Waals surface area contributed by atoms with Crippen molar-refractivity contribution in [3.63, 3.8) is 0 Å². The molecule has 4 heterocycles. The Labute approximate surface area is 173 Å². The van der Waals surface area contributed by atoms with Gasteiger partial charge in [-0.25, -0.2) is 9.37 Å². The molecule has 8 heteroatoms. The molecule has 3 aliphatic heterocycles. The second kappa shape index (κ2) is 6.77. The fourth-order valence-electron chi connectivity index (χ4n) is 4.99. The van der Waals surface area contributed by atoms with Gasteiger partial charge in [0, 0.05) is 26.0 Å². The zero-order valence-corrected chi connectivity index (χ0v) is 16.8. The van der Waals surface area contributed by atoms with Gasteiger partial charge in [-0.3, -0.25) is 9.59 Å².